The third-order valence-electron chi connectivity index (χ3n) is 2.47. The van der Waals surface area contributed by atoms with Crippen molar-refractivity contribution >= 4 is 11.7 Å². The van der Waals surface area contributed by atoms with Crippen molar-refractivity contribution in [2.24, 2.45) is 0 Å². The van der Waals surface area contributed by atoms with E-state index in [1.165, 1.54) is 0 Å². The smallest absolute Gasteiger partial charge is 0.319 e. The first-order valence-electron chi connectivity index (χ1n) is 6.02. The van der Waals surface area contributed by atoms with Crippen LogP contribution < -0.4 is 15.4 Å². The van der Waals surface area contributed by atoms with Crippen molar-refractivity contribution in [1.82, 2.24) is 5.32 Å². The summed E-state index contributed by atoms with van der Waals surface area (Å²) < 4.78 is 5.02. The Kier molecular flexibility index (Phi) is 6.00. The van der Waals surface area contributed by atoms with Gasteiger partial charge in [0.25, 0.3) is 0 Å². The number of rotatable bonds is 6. The minimum Gasteiger partial charge on any atom is -0.497 e. The highest BCUT2D eigenvalue weighted by atomic mass is 16.5. The number of hydrogen-bond acceptors (Lipinski definition) is 3. The molecule has 18 heavy (non-hydrogen) atoms. The van der Waals surface area contributed by atoms with E-state index in [1.807, 2.05) is 6.92 Å². The normalized spacial score (nSPS) is 11.7. The van der Waals surface area contributed by atoms with E-state index < -0.39 is 6.10 Å². The Bertz CT molecular complexity index is 365. The Hall–Kier alpha value is -1.75. The summed E-state index contributed by atoms with van der Waals surface area (Å²) in [5.41, 5.74) is 0.679. The van der Waals surface area contributed by atoms with Crippen molar-refractivity contribution in [3.8, 4) is 5.75 Å². The molecule has 3 N–H and O–H groups in total. The second-order valence-electron chi connectivity index (χ2n) is 4.01. The van der Waals surface area contributed by atoms with E-state index in [-0.39, 0.29) is 12.6 Å². The third-order valence-corrected chi connectivity index (χ3v) is 2.47. The maximum Gasteiger partial charge on any atom is 0.319 e. The molecule has 1 unspecified atom stereocenters. The number of carbonyl (C=O) groups excluding carboxylic acids is 1. The zero-order valence-corrected chi connectivity index (χ0v) is 10.8. The number of anilines is 1. The molecule has 0 bridgehead atoms. The van der Waals surface area contributed by atoms with E-state index in [1.54, 1.807) is 31.4 Å². The van der Waals surface area contributed by atoms with Gasteiger partial charge in [-0.3, -0.25) is 0 Å². The van der Waals surface area contributed by atoms with Crippen molar-refractivity contribution in [3.63, 3.8) is 0 Å². The van der Waals surface area contributed by atoms with E-state index in [2.05, 4.69) is 10.6 Å². The molecule has 1 rings (SSSR count). The molecule has 2 amide bonds. The minimum absolute atomic E-state index is 0.260. The lowest BCUT2D eigenvalue weighted by molar-refractivity contribution is 0.162. The van der Waals surface area contributed by atoms with Crippen LogP contribution in [0.25, 0.3) is 0 Å². The lowest BCUT2D eigenvalue weighted by Gasteiger charge is -2.11. The maximum absolute atomic E-state index is 11.5. The first kappa shape index (κ1) is 14.3. The molecule has 1 atom stereocenters. The number of urea groups is 1. The number of hydrogen-bond donors (Lipinski definition) is 3. The Labute approximate surface area is 107 Å². The van der Waals surface area contributed by atoms with Gasteiger partial charge < -0.3 is 20.5 Å². The van der Waals surface area contributed by atoms with Gasteiger partial charge in [-0.05, 0) is 30.7 Å². The van der Waals surface area contributed by atoms with Crippen molar-refractivity contribution in [2.75, 3.05) is 19.0 Å². The molecule has 0 radical (unpaired) electrons. The van der Waals surface area contributed by atoms with Gasteiger partial charge >= 0.3 is 6.03 Å². The molecule has 5 nitrogen and oxygen atoms in total. The van der Waals surface area contributed by atoms with E-state index in [0.717, 1.165) is 12.2 Å². The van der Waals surface area contributed by atoms with Crippen molar-refractivity contribution < 1.29 is 14.6 Å². The predicted molar refractivity (Wildman–Crippen MR) is 70.9 cm³/mol. The highest BCUT2D eigenvalue weighted by Gasteiger charge is 2.06. The van der Waals surface area contributed by atoms with Crippen molar-refractivity contribution in [1.29, 1.82) is 0 Å². The van der Waals surface area contributed by atoms with Gasteiger partial charge in [0.15, 0.2) is 0 Å². The number of carbonyl (C=O) groups is 1. The maximum atomic E-state index is 11.5. The number of benzene rings is 1. The van der Waals surface area contributed by atoms with Gasteiger partial charge in [-0.25, -0.2) is 4.79 Å². The first-order valence-corrected chi connectivity index (χ1v) is 6.02. The lowest BCUT2D eigenvalue weighted by Crippen LogP contribution is -2.35. The van der Waals surface area contributed by atoms with E-state index in [9.17, 15) is 9.90 Å². The van der Waals surface area contributed by atoms with Crippen LogP contribution >= 0.6 is 0 Å². The summed E-state index contributed by atoms with van der Waals surface area (Å²) in [4.78, 5) is 11.5. The molecule has 0 fully saturated rings. The van der Waals surface area contributed by atoms with E-state index in [0.29, 0.717) is 12.1 Å². The quantitative estimate of drug-likeness (QED) is 0.725. The molecule has 0 aliphatic heterocycles. The summed E-state index contributed by atoms with van der Waals surface area (Å²) in [5, 5.41) is 14.8. The van der Waals surface area contributed by atoms with Crippen LogP contribution in [0.2, 0.25) is 0 Å². The van der Waals surface area contributed by atoms with Crippen LogP contribution in [0.4, 0.5) is 10.5 Å². The molecule has 0 aliphatic rings. The summed E-state index contributed by atoms with van der Waals surface area (Å²) in [7, 11) is 1.59. The van der Waals surface area contributed by atoms with Crippen LogP contribution in [0.15, 0.2) is 24.3 Å². The molecular weight excluding hydrogens is 232 g/mol. The van der Waals surface area contributed by atoms with Gasteiger partial charge in [0.2, 0.25) is 0 Å². The van der Waals surface area contributed by atoms with Crippen LogP contribution in [0.1, 0.15) is 19.8 Å². The fraction of sp³-hybridized carbons (Fsp3) is 0.462. The molecule has 0 spiro atoms. The van der Waals surface area contributed by atoms with Crippen LogP contribution in [0.3, 0.4) is 0 Å². The third kappa shape index (κ3) is 5.05. The molecule has 1 aromatic carbocycles. The summed E-state index contributed by atoms with van der Waals surface area (Å²) in [6.45, 7) is 2.25. The summed E-state index contributed by atoms with van der Waals surface area (Å²) in [6, 6.07) is 6.71. The minimum atomic E-state index is -0.489. The first-order chi connectivity index (χ1) is 8.65. The topological polar surface area (TPSA) is 70.6 Å². The van der Waals surface area contributed by atoms with Crippen LogP contribution in [-0.2, 0) is 0 Å². The monoisotopic (exact) mass is 252 g/mol. The van der Waals surface area contributed by atoms with Crippen molar-refractivity contribution in [3.05, 3.63) is 24.3 Å². The van der Waals surface area contributed by atoms with Gasteiger partial charge in [-0.15, -0.1) is 0 Å². The standard InChI is InChI=1S/C13H20N2O3/c1-3-4-11(16)9-14-13(17)15-10-5-7-12(18-2)8-6-10/h5-8,11,16H,3-4,9H2,1-2H3,(H2,14,15,17). The molecule has 0 saturated carbocycles. The fourth-order valence-corrected chi connectivity index (χ4v) is 1.50. The molecule has 0 heterocycles. The van der Waals surface area contributed by atoms with Crippen LogP contribution in [0, 0.1) is 0 Å². The number of nitrogens with one attached hydrogen (secondary N) is 2. The molecule has 0 saturated heterocycles. The predicted octanol–water partition coefficient (Wildman–Crippen LogP) is 1.98. The molecule has 5 heteroatoms. The molecule has 0 aliphatic carbocycles. The zero-order valence-electron chi connectivity index (χ0n) is 10.8. The Morgan fingerprint density at radius 1 is 1.39 bits per heavy atom. The van der Waals surface area contributed by atoms with E-state index in [4.69, 9.17) is 4.74 Å². The number of amides is 2. The Balaban J connectivity index is 2.35. The summed E-state index contributed by atoms with van der Waals surface area (Å²) in [5.74, 6) is 0.735. The molecule has 0 aromatic heterocycles. The van der Waals surface area contributed by atoms with Gasteiger partial charge in [0.1, 0.15) is 5.75 Å². The number of aliphatic hydroxyl groups is 1. The van der Waals surface area contributed by atoms with E-state index >= 15 is 0 Å². The molecule has 100 valence electrons. The number of methoxy groups -OCH3 is 1. The Morgan fingerprint density at radius 2 is 2.06 bits per heavy atom. The van der Waals surface area contributed by atoms with Gasteiger partial charge in [0, 0.05) is 12.2 Å². The number of aliphatic hydroxyl groups excluding tert-OH is 1. The highest BCUT2D eigenvalue weighted by molar-refractivity contribution is 5.89. The van der Waals surface area contributed by atoms with Gasteiger partial charge in [-0.2, -0.15) is 0 Å². The fourth-order valence-electron chi connectivity index (χ4n) is 1.50. The lowest BCUT2D eigenvalue weighted by atomic mass is 10.2. The average molecular weight is 252 g/mol. The molecule has 1 aromatic rings. The second-order valence-corrected chi connectivity index (χ2v) is 4.01. The highest BCUT2D eigenvalue weighted by Crippen LogP contribution is 2.14. The number of ether oxygens (including phenoxy) is 1. The van der Waals surface area contributed by atoms with Crippen molar-refractivity contribution in [2.45, 2.75) is 25.9 Å². The summed E-state index contributed by atoms with van der Waals surface area (Å²) in [6.07, 6.45) is 1.09. The van der Waals surface area contributed by atoms with Gasteiger partial charge in [-0.1, -0.05) is 13.3 Å². The average Bonchev–Trinajstić information content (AvgIpc) is 2.38. The Morgan fingerprint density at radius 3 is 2.61 bits per heavy atom. The van der Waals surface area contributed by atoms with Crippen LogP contribution in [-0.4, -0.2) is 30.9 Å². The van der Waals surface area contributed by atoms with Crippen LogP contribution in [0.5, 0.6) is 5.75 Å². The molecular formula is C13H20N2O3. The largest absolute Gasteiger partial charge is 0.497 e. The SMILES string of the molecule is CCCC(O)CNC(=O)Nc1ccc(OC)cc1. The second kappa shape index (κ2) is 7.55. The summed E-state index contributed by atoms with van der Waals surface area (Å²) >= 11 is 0. The zero-order chi connectivity index (χ0) is 13.4. The van der Waals surface area contributed by atoms with Gasteiger partial charge in [0.05, 0.1) is 13.2 Å².